The molecule has 7 heteroatoms. The quantitative estimate of drug-likeness (QED) is 0.721. The Morgan fingerprint density at radius 2 is 2.65 bits per heavy atom. The van der Waals surface area contributed by atoms with Crippen LogP contribution in [-0.4, -0.2) is 64.2 Å². The van der Waals surface area contributed by atoms with Gasteiger partial charge in [0.2, 0.25) is 5.88 Å². The van der Waals surface area contributed by atoms with Gasteiger partial charge in [0.25, 0.3) is 0 Å². The fourth-order valence-corrected chi connectivity index (χ4v) is 2.23. The van der Waals surface area contributed by atoms with E-state index in [4.69, 9.17) is 4.74 Å². The van der Waals surface area contributed by atoms with E-state index in [0.717, 1.165) is 31.2 Å². The number of aliphatic hydroxyl groups excluding tert-OH is 1. The van der Waals surface area contributed by atoms with Crippen molar-refractivity contribution in [1.82, 2.24) is 19.0 Å². The lowest BCUT2D eigenvalue weighted by Gasteiger charge is -2.16. The number of hydrogen-bond donors (Lipinski definition) is 2. The number of nitrogens with one attached hydrogen (secondary N) is 1. The van der Waals surface area contributed by atoms with E-state index in [9.17, 15) is 5.11 Å². The van der Waals surface area contributed by atoms with Gasteiger partial charge in [-0.2, -0.15) is 4.37 Å². The molecule has 0 aromatic carbocycles. The van der Waals surface area contributed by atoms with E-state index in [-0.39, 0.29) is 6.61 Å². The molecule has 1 fully saturated rings. The van der Waals surface area contributed by atoms with Crippen molar-refractivity contribution in [3.8, 4) is 5.88 Å². The topological polar surface area (TPSA) is 70.5 Å². The molecule has 2 unspecified atom stereocenters. The molecule has 2 heterocycles. The summed E-state index contributed by atoms with van der Waals surface area (Å²) in [5.74, 6) is 0.481. The fraction of sp³-hybridized carbons (Fsp3) is 0.800. The van der Waals surface area contributed by atoms with Gasteiger partial charge in [0.15, 0.2) is 0 Å². The Balaban J connectivity index is 1.59. The number of hydrogen-bond acceptors (Lipinski definition) is 7. The molecule has 17 heavy (non-hydrogen) atoms. The Bertz CT molecular complexity index is 322. The molecule has 0 amide bonds. The molecular formula is C10H18N4O2S. The number of rotatable bonds is 6. The fourth-order valence-electron chi connectivity index (χ4n) is 1.86. The van der Waals surface area contributed by atoms with Crippen LogP contribution in [0.4, 0.5) is 0 Å². The lowest BCUT2D eigenvalue weighted by Crippen LogP contribution is -2.39. The van der Waals surface area contributed by atoms with Crippen molar-refractivity contribution in [3.63, 3.8) is 0 Å². The third-order valence-corrected chi connectivity index (χ3v) is 3.26. The zero-order valence-corrected chi connectivity index (χ0v) is 10.7. The number of ether oxygens (including phenoxy) is 1. The van der Waals surface area contributed by atoms with Gasteiger partial charge < -0.3 is 20.1 Å². The molecule has 1 aliphatic heterocycles. The minimum Gasteiger partial charge on any atom is -0.473 e. The number of likely N-dealkylation sites (tertiary alicyclic amines) is 1. The van der Waals surface area contributed by atoms with Crippen molar-refractivity contribution in [3.05, 3.63) is 6.20 Å². The molecule has 6 nitrogen and oxygen atoms in total. The maximum atomic E-state index is 9.73. The highest BCUT2D eigenvalue weighted by atomic mass is 32.1. The monoisotopic (exact) mass is 258 g/mol. The summed E-state index contributed by atoms with van der Waals surface area (Å²) in [7, 11) is 2.11. The number of aliphatic hydroxyl groups is 1. The van der Waals surface area contributed by atoms with Crippen molar-refractivity contribution in [2.75, 3.05) is 33.3 Å². The van der Waals surface area contributed by atoms with Crippen LogP contribution in [0.5, 0.6) is 5.88 Å². The standard InChI is InChI=1S/C10H18N4O2S/c1-14-3-2-8(6-14)11-4-9(15)7-16-10-5-12-17-13-10/h5,8-9,11,15H,2-4,6-7H2,1H3. The largest absolute Gasteiger partial charge is 0.473 e. The summed E-state index contributed by atoms with van der Waals surface area (Å²) >= 11 is 1.10. The summed E-state index contributed by atoms with van der Waals surface area (Å²) in [6.45, 7) is 2.97. The van der Waals surface area contributed by atoms with Gasteiger partial charge in [-0.25, -0.2) is 0 Å². The highest BCUT2D eigenvalue weighted by Crippen LogP contribution is 2.07. The minimum atomic E-state index is -0.511. The van der Waals surface area contributed by atoms with Gasteiger partial charge in [0.05, 0.1) is 11.7 Å². The second-order valence-electron chi connectivity index (χ2n) is 4.37. The molecule has 0 bridgehead atoms. The summed E-state index contributed by atoms with van der Waals surface area (Å²) in [6, 6.07) is 0.482. The molecule has 1 aliphatic rings. The lowest BCUT2D eigenvalue weighted by molar-refractivity contribution is 0.102. The average molecular weight is 258 g/mol. The van der Waals surface area contributed by atoms with E-state index in [2.05, 4.69) is 26.0 Å². The normalized spacial score (nSPS) is 22.8. The van der Waals surface area contributed by atoms with Crippen molar-refractivity contribution >= 4 is 11.7 Å². The maximum absolute atomic E-state index is 9.73. The van der Waals surface area contributed by atoms with Gasteiger partial charge >= 0.3 is 0 Å². The molecule has 1 aromatic rings. The first kappa shape index (κ1) is 12.7. The highest BCUT2D eigenvalue weighted by Gasteiger charge is 2.19. The van der Waals surface area contributed by atoms with Crippen LogP contribution in [-0.2, 0) is 0 Å². The first-order chi connectivity index (χ1) is 8.24. The molecule has 1 saturated heterocycles. The second-order valence-corrected chi connectivity index (χ2v) is 4.92. The van der Waals surface area contributed by atoms with Crippen LogP contribution in [0.25, 0.3) is 0 Å². The van der Waals surface area contributed by atoms with Gasteiger partial charge in [-0.15, -0.1) is 4.37 Å². The zero-order chi connectivity index (χ0) is 12.1. The van der Waals surface area contributed by atoms with Gasteiger partial charge in [-0.3, -0.25) is 0 Å². The Morgan fingerprint density at radius 1 is 1.76 bits per heavy atom. The lowest BCUT2D eigenvalue weighted by atomic mass is 10.2. The number of aromatic nitrogens is 2. The van der Waals surface area contributed by atoms with E-state index in [1.54, 1.807) is 6.20 Å². The Hall–Kier alpha value is -0.760. The Labute approximate surface area is 105 Å². The van der Waals surface area contributed by atoms with Crippen LogP contribution in [0.2, 0.25) is 0 Å². The van der Waals surface area contributed by atoms with E-state index >= 15 is 0 Å². The van der Waals surface area contributed by atoms with Crippen LogP contribution in [0, 0.1) is 0 Å². The van der Waals surface area contributed by atoms with Crippen LogP contribution < -0.4 is 10.1 Å². The van der Waals surface area contributed by atoms with Crippen molar-refractivity contribution in [1.29, 1.82) is 0 Å². The molecule has 1 aromatic heterocycles. The summed E-state index contributed by atoms with van der Waals surface area (Å²) in [6.07, 6.45) is 2.18. The number of nitrogens with zero attached hydrogens (tertiary/aromatic N) is 3. The third-order valence-electron chi connectivity index (χ3n) is 2.80. The predicted molar refractivity (Wildman–Crippen MR) is 65.3 cm³/mol. The number of likely N-dealkylation sites (N-methyl/N-ethyl adjacent to an activating group) is 1. The molecule has 2 rings (SSSR count). The molecule has 0 saturated carbocycles. The molecular weight excluding hydrogens is 240 g/mol. The van der Waals surface area contributed by atoms with Crippen LogP contribution in [0.1, 0.15) is 6.42 Å². The van der Waals surface area contributed by atoms with Gasteiger partial charge in [-0.05, 0) is 20.0 Å². The summed E-state index contributed by atoms with van der Waals surface area (Å²) < 4.78 is 13.0. The Morgan fingerprint density at radius 3 is 3.29 bits per heavy atom. The van der Waals surface area contributed by atoms with E-state index in [1.165, 1.54) is 0 Å². The second kappa shape index (κ2) is 6.25. The molecule has 0 aliphatic carbocycles. The van der Waals surface area contributed by atoms with Crippen molar-refractivity contribution in [2.24, 2.45) is 0 Å². The average Bonchev–Trinajstić information content (AvgIpc) is 2.95. The van der Waals surface area contributed by atoms with Crippen LogP contribution in [0.15, 0.2) is 6.20 Å². The minimum absolute atomic E-state index is 0.251. The maximum Gasteiger partial charge on any atom is 0.245 e. The van der Waals surface area contributed by atoms with Crippen LogP contribution >= 0.6 is 11.7 Å². The molecule has 0 radical (unpaired) electrons. The van der Waals surface area contributed by atoms with Crippen molar-refractivity contribution in [2.45, 2.75) is 18.6 Å². The van der Waals surface area contributed by atoms with Crippen molar-refractivity contribution < 1.29 is 9.84 Å². The van der Waals surface area contributed by atoms with Gasteiger partial charge in [0, 0.05) is 19.1 Å². The molecule has 2 N–H and O–H groups in total. The summed E-state index contributed by atoms with van der Waals surface area (Å²) in [4.78, 5) is 2.28. The van der Waals surface area contributed by atoms with Gasteiger partial charge in [0.1, 0.15) is 18.9 Å². The first-order valence-corrected chi connectivity index (χ1v) is 6.47. The van der Waals surface area contributed by atoms with E-state index in [0.29, 0.717) is 18.5 Å². The van der Waals surface area contributed by atoms with Gasteiger partial charge in [-0.1, -0.05) is 0 Å². The smallest absolute Gasteiger partial charge is 0.245 e. The zero-order valence-electron chi connectivity index (χ0n) is 9.87. The SMILES string of the molecule is CN1CCC(NCC(O)COc2cnsn2)C1. The highest BCUT2D eigenvalue weighted by molar-refractivity contribution is 6.99. The molecule has 2 atom stereocenters. The van der Waals surface area contributed by atoms with E-state index in [1.807, 2.05) is 0 Å². The molecule has 96 valence electrons. The van der Waals surface area contributed by atoms with Crippen LogP contribution in [0.3, 0.4) is 0 Å². The van der Waals surface area contributed by atoms with E-state index < -0.39 is 6.10 Å². The summed E-state index contributed by atoms with van der Waals surface area (Å²) in [5.41, 5.74) is 0. The first-order valence-electron chi connectivity index (χ1n) is 5.74. The predicted octanol–water partition coefficient (Wildman–Crippen LogP) is -0.428. The Kier molecular flexibility index (Phi) is 4.66. The molecule has 0 spiro atoms. The summed E-state index contributed by atoms with van der Waals surface area (Å²) in [5, 5.41) is 13.1. The third kappa shape index (κ3) is 4.19.